The molecule has 12 heterocycles. The number of aliphatic hydroxyl groups is 1. The Bertz CT molecular complexity index is 9410. The second-order valence-corrected chi connectivity index (χ2v) is 35.5. The van der Waals surface area contributed by atoms with Gasteiger partial charge in [-0.05, 0) is 225 Å². The van der Waals surface area contributed by atoms with Crippen LogP contribution in [-0.4, -0.2) is 119 Å². The Morgan fingerprint density at radius 2 is 0.639 bits per heavy atom. The number of hydrogen-bond donors (Lipinski definition) is 7. The minimum atomic E-state index is -0.740. The number of aromatic nitrogens is 20. The highest BCUT2D eigenvalue weighted by Gasteiger charge is 2.28. The zero-order chi connectivity index (χ0) is 100. The van der Waals surface area contributed by atoms with E-state index < -0.39 is 11.6 Å². The highest BCUT2D eigenvalue weighted by Crippen LogP contribution is 2.38. The van der Waals surface area contributed by atoms with Gasteiger partial charge >= 0.3 is 0 Å². The molecule has 31 nitrogen and oxygen atoms in total. The van der Waals surface area contributed by atoms with Gasteiger partial charge in [-0.1, -0.05) is 170 Å². The molecule has 22 aromatic rings. The van der Waals surface area contributed by atoms with Gasteiger partial charge in [0.1, 0.15) is 83.7 Å². The van der Waals surface area contributed by atoms with Crippen molar-refractivity contribution in [3.63, 3.8) is 0 Å². The van der Waals surface area contributed by atoms with E-state index in [1.807, 2.05) is 250 Å². The molecule has 1 saturated carbocycles. The molecule has 0 radical (unpaired) electrons. The number of anilines is 4. The molecular formula is C112H93FN24O7. The van der Waals surface area contributed by atoms with E-state index in [-0.39, 0.29) is 65.9 Å². The molecule has 144 heavy (non-hydrogen) atoms. The fourth-order valence-corrected chi connectivity index (χ4v) is 18.7. The van der Waals surface area contributed by atoms with E-state index in [9.17, 15) is 33.8 Å². The van der Waals surface area contributed by atoms with Gasteiger partial charge in [-0.3, -0.25) is 37.4 Å². The molecule has 23 rings (SSSR count). The number of hydrogen-bond acceptors (Lipinski definition) is 23. The van der Waals surface area contributed by atoms with Crippen molar-refractivity contribution < 1.29 is 19.7 Å². The molecule has 0 saturated heterocycles. The van der Waals surface area contributed by atoms with Gasteiger partial charge in [0, 0.05) is 39.8 Å². The van der Waals surface area contributed by atoms with Crippen molar-refractivity contribution in [2.75, 3.05) is 29.5 Å². The molecule has 11 N–H and O–H groups in total. The van der Waals surface area contributed by atoms with E-state index in [4.69, 9.17) is 43.3 Å². The normalized spacial score (nSPS) is 11.8. The maximum Gasteiger partial charge on any atom is 0.263 e. The summed E-state index contributed by atoms with van der Waals surface area (Å²) in [4.78, 5) is 89.9. The number of rotatable bonds is 14. The highest BCUT2D eigenvalue weighted by atomic mass is 19.1. The van der Waals surface area contributed by atoms with Crippen LogP contribution in [-0.2, 0) is 26.2 Å². The number of benzene rings is 10. The Morgan fingerprint density at radius 1 is 0.333 bits per heavy atom. The fraction of sp³-hybridized carbons (Fsp3) is 0.143. The van der Waals surface area contributed by atoms with Gasteiger partial charge in [-0.2, -0.15) is 20.4 Å². The monoisotopic (exact) mass is 1900 g/mol. The summed E-state index contributed by atoms with van der Waals surface area (Å²) in [6, 6.07) is 73.4. The molecule has 0 bridgehead atoms. The standard InChI is InChI=1S/C29H23FN6O2.C29H24N6O2.C28H24N6O.C26H22N6O2/c1-16-6-3-4-9-22(16)36-20(12-18-8-5-7-17(2)24(18)29(36)38)14-35-28-25(27(31)32-15-33-28)26(34-35)19-10-11-21(30)23(37)13-19;1-17-7-3-4-12-23(17)35-21(13-19-9-5-8-18(2)24(19)29(35)37)15-34-28-25(27(30)31-16-32-28)26(33-34)20-10-6-11-22(36)14-20;1-17-6-3-4-9-23(17)34-21(14-20-8-5-7-18(2)24(20)28(34)35)15-33-27-25(26(29)30-16-31-27)22(32-33)13-12-19-10-11-19;1-16-7-3-4-11-21(16)32-19(13-18-9-5-8-17(2)22(18)26(32)34)14-31-25-23(24(27)28-15-29-25)20(30-31)10-6-12-33/h3-13,15,37H,14H2,1-2H3,(H2,31,32,33);3-14,16,36H,15H2,1-2H3,(H2,30,31,32);3-9,14,16,19H,10-11,15H2,1-2H3,(H2,29,30,31);3-5,7-9,11,13,15,33H,12,14H2,1-2H3,(H2,27,28,29). The summed E-state index contributed by atoms with van der Waals surface area (Å²) in [6.07, 6.45) is 7.80. The van der Waals surface area contributed by atoms with Crippen LogP contribution in [0.2, 0.25) is 0 Å². The molecule has 0 atom stereocenters. The third-order valence-electron chi connectivity index (χ3n) is 25.8. The van der Waals surface area contributed by atoms with Crippen molar-refractivity contribution in [2.45, 2.75) is 94.4 Å². The molecule has 12 aromatic heterocycles. The first-order valence-electron chi connectivity index (χ1n) is 46.3. The van der Waals surface area contributed by atoms with Gasteiger partial charge in [-0.15, -0.1) is 0 Å². The minimum Gasteiger partial charge on any atom is -0.508 e. The molecule has 1 fully saturated rings. The predicted octanol–water partition coefficient (Wildman–Crippen LogP) is 16.5. The number of aromatic hydroxyl groups is 2. The average molecular weight is 1910 g/mol. The molecular weight excluding hydrogens is 1810 g/mol. The Morgan fingerprint density at radius 3 is 0.965 bits per heavy atom. The van der Waals surface area contributed by atoms with Crippen LogP contribution >= 0.6 is 0 Å². The van der Waals surface area contributed by atoms with E-state index in [1.165, 1.54) is 37.4 Å². The second-order valence-electron chi connectivity index (χ2n) is 35.5. The quantitative estimate of drug-likeness (QED) is 0.0497. The number of pyridine rings is 4. The summed E-state index contributed by atoms with van der Waals surface area (Å²) in [6.45, 7) is 16.5. The van der Waals surface area contributed by atoms with Crippen LogP contribution in [0.15, 0.2) is 281 Å². The number of aryl methyl sites for hydroxylation is 8. The van der Waals surface area contributed by atoms with Crippen LogP contribution in [0.5, 0.6) is 11.5 Å². The SMILES string of the molecule is Cc1ccccc1-n1c(Cn2nc(-c3ccc(F)c(O)c3)c3c(N)ncnc32)cc2cccc(C)c2c1=O.Cc1ccccc1-n1c(Cn2nc(-c3cccc(O)c3)c3c(N)ncnc32)cc2cccc(C)c2c1=O.Cc1ccccc1-n1c(Cn2nc(C#CC3CC3)c3c(N)ncnc32)cc2cccc(C)c2c1=O.Cc1ccccc1-n1c(Cn2nc(C#CCO)c3c(N)ncnc32)cc2cccc(C)c2c1=O. The van der Waals surface area contributed by atoms with E-state index in [0.29, 0.717) is 129 Å². The van der Waals surface area contributed by atoms with Crippen LogP contribution in [0, 0.1) is 90.8 Å². The molecule has 0 spiro atoms. The van der Waals surface area contributed by atoms with E-state index in [1.54, 1.807) is 55.2 Å². The van der Waals surface area contributed by atoms with Crippen molar-refractivity contribution in [1.82, 2.24) is 97.3 Å². The number of nitrogens with two attached hydrogens (primary N) is 4. The number of nitrogens with zero attached hydrogens (tertiary/aromatic N) is 20. The Balaban J connectivity index is 0.000000117. The number of phenolic OH excluding ortho intramolecular Hbond substituents is 2. The molecule has 0 unspecified atom stereocenters. The first-order chi connectivity index (χ1) is 69.7. The summed E-state index contributed by atoms with van der Waals surface area (Å²) in [5.41, 5.74) is 43.4. The van der Waals surface area contributed by atoms with Gasteiger partial charge < -0.3 is 38.3 Å². The lowest BCUT2D eigenvalue weighted by atomic mass is 10.1. The van der Waals surface area contributed by atoms with Crippen molar-refractivity contribution >= 4 is 110 Å². The number of nitrogen functional groups attached to an aromatic ring is 4. The number of aliphatic hydroxyl groups excluding tert-OH is 1. The Hall–Kier alpha value is -18.9. The molecule has 10 aromatic carbocycles. The van der Waals surface area contributed by atoms with Gasteiger partial charge in [0.15, 0.2) is 34.2 Å². The van der Waals surface area contributed by atoms with Crippen LogP contribution < -0.4 is 45.2 Å². The maximum absolute atomic E-state index is 14.0. The summed E-state index contributed by atoms with van der Waals surface area (Å²) in [7, 11) is 0. The van der Waals surface area contributed by atoms with Crippen molar-refractivity contribution in [3.8, 4) is 80.4 Å². The van der Waals surface area contributed by atoms with Crippen molar-refractivity contribution in [1.29, 1.82) is 0 Å². The zero-order valence-electron chi connectivity index (χ0n) is 79.5. The van der Waals surface area contributed by atoms with Gasteiger partial charge in [-0.25, -0.2) is 63.0 Å². The summed E-state index contributed by atoms with van der Waals surface area (Å²) < 4.78 is 27.6. The van der Waals surface area contributed by atoms with Crippen LogP contribution in [0.3, 0.4) is 0 Å². The third kappa shape index (κ3) is 17.5. The van der Waals surface area contributed by atoms with E-state index in [2.05, 4.69) is 74.7 Å². The lowest BCUT2D eigenvalue weighted by molar-refractivity contribution is 0.350. The van der Waals surface area contributed by atoms with Gasteiger partial charge in [0.05, 0.1) is 92.0 Å². The number of para-hydroxylation sites is 4. The average Bonchev–Trinajstić information content (AvgIpc) is 1.46. The molecule has 32 heteroatoms. The summed E-state index contributed by atoms with van der Waals surface area (Å²) >= 11 is 0. The Labute approximate surface area is 820 Å². The molecule has 0 aliphatic heterocycles. The number of halogens is 1. The lowest BCUT2D eigenvalue weighted by Crippen LogP contribution is -2.25. The summed E-state index contributed by atoms with van der Waals surface area (Å²) in [5, 5.41) is 56.6. The molecule has 1 aliphatic rings. The smallest absolute Gasteiger partial charge is 0.263 e. The lowest BCUT2D eigenvalue weighted by Gasteiger charge is -2.17. The maximum atomic E-state index is 14.0. The minimum absolute atomic E-state index is 0.0516. The van der Waals surface area contributed by atoms with Crippen LogP contribution in [0.4, 0.5) is 27.7 Å². The fourth-order valence-electron chi connectivity index (χ4n) is 18.7. The first kappa shape index (κ1) is 92.7. The molecule has 710 valence electrons. The Kier molecular flexibility index (Phi) is 24.8. The van der Waals surface area contributed by atoms with Crippen LogP contribution in [0.1, 0.15) is 91.5 Å². The summed E-state index contributed by atoms with van der Waals surface area (Å²) in [5.74, 6) is 12.3. The van der Waals surface area contributed by atoms with Gasteiger partial charge in [0.2, 0.25) is 0 Å². The topological polar surface area (TPSA) is 427 Å². The van der Waals surface area contributed by atoms with Crippen LogP contribution in [0.25, 0.3) is 132 Å². The van der Waals surface area contributed by atoms with Crippen molar-refractivity contribution in [2.24, 2.45) is 5.92 Å². The number of phenols is 2. The predicted molar refractivity (Wildman–Crippen MR) is 559 cm³/mol. The zero-order valence-corrected chi connectivity index (χ0v) is 79.5. The highest BCUT2D eigenvalue weighted by molar-refractivity contribution is 6.01. The molecule has 1 aliphatic carbocycles. The second kappa shape index (κ2) is 38.4. The van der Waals surface area contributed by atoms with Crippen molar-refractivity contribution in [3.05, 3.63) is 388 Å². The van der Waals surface area contributed by atoms with E-state index >= 15 is 0 Å². The largest absolute Gasteiger partial charge is 0.508 e. The number of fused-ring (bicyclic) bond motifs is 8. The molecule has 0 amide bonds. The third-order valence-corrected chi connectivity index (χ3v) is 25.8. The first-order valence-corrected chi connectivity index (χ1v) is 46.3. The van der Waals surface area contributed by atoms with E-state index in [0.717, 1.165) is 125 Å². The van der Waals surface area contributed by atoms with Gasteiger partial charge in [0.25, 0.3) is 22.2 Å².